The maximum absolute atomic E-state index is 11.8. The molecule has 1 N–H and O–H groups in total. The van der Waals surface area contributed by atoms with Gasteiger partial charge in [-0.1, -0.05) is 11.6 Å². The zero-order chi connectivity index (χ0) is 13.5. The molecule has 104 valence electrons. The normalized spacial score (nSPS) is 16.8. The summed E-state index contributed by atoms with van der Waals surface area (Å²) in [7, 11) is 0. The summed E-state index contributed by atoms with van der Waals surface area (Å²) < 4.78 is 1.75. The third-order valence-corrected chi connectivity index (χ3v) is 3.52. The molecule has 1 aromatic heterocycles. The predicted molar refractivity (Wildman–Crippen MR) is 73.4 cm³/mol. The van der Waals surface area contributed by atoms with Gasteiger partial charge < -0.3 is 5.32 Å². The monoisotopic (exact) mass is 262 g/mol. The Labute approximate surface area is 114 Å². The molecule has 0 unspecified atom stereocenters. The Morgan fingerprint density at radius 1 is 1.53 bits per heavy atom. The van der Waals surface area contributed by atoms with Crippen LogP contribution >= 0.6 is 0 Å². The molecule has 0 saturated heterocycles. The summed E-state index contributed by atoms with van der Waals surface area (Å²) in [6, 6.07) is 0.180. The highest BCUT2D eigenvalue weighted by atomic mass is 16.1. The van der Waals surface area contributed by atoms with Crippen LogP contribution in [-0.2, 0) is 11.3 Å². The molecule has 1 amide bonds. The number of allylic oxidation sites excluding steroid dienone is 1. The van der Waals surface area contributed by atoms with E-state index in [1.54, 1.807) is 11.0 Å². The molecule has 1 aliphatic rings. The molecule has 1 heterocycles. The molecule has 19 heavy (non-hydrogen) atoms. The van der Waals surface area contributed by atoms with E-state index in [9.17, 15) is 4.79 Å². The number of hydrogen-bond donors (Lipinski definition) is 1. The molecular weight excluding hydrogens is 240 g/mol. The second kappa shape index (κ2) is 7.07. The smallest absolute Gasteiger partial charge is 0.220 e. The third-order valence-electron chi connectivity index (χ3n) is 3.52. The summed E-state index contributed by atoms with van der Waals surface area (Å²) in [6.45, 7) is 2.82. The minimum Gasteiger partial charge on any atom is -0.350 e. The molecule has 0 aromatic carbocycles. The van der Waals surface area contributed by atoms with Crippen LogP contribution in [0.5, 0.6) is 0 Å². The lowest BCUT2D eigenvalue weighted by atomic mass is 9.94. The fourth-order valence-electron chi connectivity index (χ4n) is 2.41. The quantitative estimate of drug-likeness (QED) is 0.798. The van der Waals surface area contributed by atoms with Gasteiger partial charge in [-0.15, -0.1) is 0 Å². The first kappa shape index (κ1) is 13.8. The summed E-state index contributed by atoms with van der Waals surface area (Å²) in [5, 5.41) is 7.09. The van der Waals surface area contributed by atoms with E-state index in [0.29, 0.717) is 6.42 Å². The molecule has 0 fully saturated rings. The van der Waals surface area contributed by atoms with Gasteiger partial charge in [0, 0.05) is 19.0 Å². The number of aromatic nitrogens is 3. The predicted octanol–water partition coefficient (Wildman–Crippen LogP) is 2.06. The number of aryl methyl sites for hydroxylation is 1. The summed E-state index contributed by atoms with van der Waals surface area (Å²) >= 11 is 0. The third kappa shape index (κ3) is 4.50. The minimum atomic E-state index is 0.124. The molecule has 0 aliphatic heterocycles. The minimum absolute atomic E-state index is 0.124. The van der Waals surface area contributed by atoms with Gasteiger partial charge in [-0.25, -0.2) is 4.98 Å². The number of carbonyl (C=O) groups excluding carboxylic acids is 1. The van der Waals surface area contributed by atoms with Crippen molar-refractivity contribution in [3.05, 3.63) is 24.3 Å². The highest BCUT2D eigenvalue weighted by Crippen LogP contribution is 2.20. The van der Waals surface area contributed by atoms with Gasteiger partial charge >= 0.3 is 0 Å². The first-order chi connectivity index (χ1) is 9.25. The average Bonchev–Trinajstić information content (AvgIpc) is 2.93. The van der Waals surface area contributed by atoms with Gasteiger partial charge in [-0.2, -0.15) is 5.10 Å². The van der Waals surface area contributed by atoms with Crippen LogP contribution in [0.2, 0.25) is 0 Å². The van der Waals surface area contributed by atoms with Gasteiger partial charge in [0.05, 0.1) is 0 Å². The van der Waals surface area contributed by atoms with Crippen molar-refractivity contribution < 1.29 is 4.79 Å². The first-order valence-corrected chi connectivity index (χ1v) is 7.06. The van der Waals surface area contributed by atoms with E-state index in [0.717, 1.165) is 25.8 Å². The topological polar surface area (TPSA) is 59.8 Å². The van der Waals surface area contributed by atoms with Crippen molar-refractivity contribution in [2.45, 2.75) is 58.0 Å². The highest BCUT2D eigenvalue weighted by molar-refractivity contribution is 5.76. The number of nitrogens with one attached hydrogen (secondary N) is 1. The van der Waals surface area contributed by atoms with Crippen LogP contribution in [0.3, 0.4) is 0 Å². The number of carbonyl (C=O) groups is 1. The van der Waals surface area contributed by atoms with Crippen LogP contribution in [0.1, 0.15) is 45.4 Å². The standard InChI is InChI=1S/C14H22N4O/c1-12(13-6-3-2-4-7-13)17-14(19)8-5-9-18-11-15-10-16-18/h6,10-12H,2-5,7-9H2,1H3,(H,17,19)/t12-/m1/s1. The van der Waals surface area contributed by atoms with E-state index in [4.69, 9.17) is 0 Å². The van der Waals surface area contributed by atoms with Gasteiger partial charge in [-0.05, 0) is 39.0 Å². The van der Waals surface area contributed by atoms with E-state index < -0.39 is 0 Å². The molecule has 1 atom stereocenters. The van der Waals surface area contributed by atoms with E-state index >= 15 is 0 Å². The Hall–Kier alpha value is -1.65. The molecule has 5 nitrogen and oxygen atoms in total. The molecule has 1 aromatic rings. The number of rotatable bonds is 6. The summed E-state index contributed by atoms with van der Waals surface area (Å²) in [5.74, 6) is 0.124. The molecule has 2 rings (SSSR count). The fourth-order valence-corrected chi connectivity index (χ4v) is 2.41. The van der Waals surface area contributed by atoms with E-state index in [1.165, 1.54) is 24.7 Å². The molecular formula is C14H22N4O. The number of hydrogen-bond acceptors (Lipinski definition) is 3. The van der Waals surface area contributed by atoms with Gasteiger partial charge in [0.25, 0.3) is 0 Å². The maximum Gasteiger partial charge on any atom is 0.220 e. The van der Waals surface area contributed by atoms with E-state index in [2.05, 4.69) is 28.4 Å². The molecule has 0 radical (unpaired) electrons. The lowest BCUT2D eigenvalue weighted by molar-refractivity contribution is -0.121. The van der Waals surface area contributed by atoms with Gasteiger partial charge in [0.1, 0.15) is 12.7 Å². The van der Waals surface area contributed by atoms with Gasteiger partial charge in [-0.3, -0.25) is 9.48 Å². The Bertz CT molecular complexity index is 425. The van der Waals surface area contributed by atoms with Crippen molar-refractivity contribution in [3.8, 4) is 0 Å². The zero-order valence-corrected chi connectivity index (χ0v) is 11.5. The molecule has 1 aliphatic carbocycles. The van der Waals surface area contributed by atoms with Crippen LogP contribution in [-0.4, -0.2) is 26.7 Å². The van der Waals surface area contributed by atoms with E-state index in [-0.39, 0.29) is 11.9 Å². The lowest BCUT2D eigenvalue weighted by Crippen LogP contribution is -2.34. The van der Waals surface area contributed by atoms with Crippen LogP contribution in [0, 0.1) is 0 Å². The molecule has 5 heteroatoms. The van der Waals surface area contributed by atoms with Crippen molar-refractivity contribution in [2.24, 2.45) is 0 Å². The largest absolute Gasteiger partial charge is 0.350 e. The zero-order valence-electron chi connectivity index (χ0n) is 11.5. The molecule has 0 bridgehead atoms. The highest BCUT2D eigenvalue weighted by Gasteiger charge is 2.13. The first-order valence-electron chi connectivity index (χ1n) is 7.06. The Morgan fingerprint density at radius 3 is 3.11 bits per heavy atom. The Morgan fingerprint density at radius 2 is 2.42 bits per heavy atom. The summed E-state index contributed by atoms with van der Waals surface area (Å²) in [4.78, 5) is 15.7. The van der Waals surface area contributed by atoms with E-state index in [1.807, 2.05) is 0 Å². The molecule has 0 spiro atoms. The van der Waals surface area contributed by atoms with Crippen LogP contribution in [0.4, 0.5) is 0 Å². The molecule has 0 saturated carbocycles. The second-order valence-electron chi connectivity index (χ2n) is 5.08. The lowest BCUT2D eigenvalue weighted by Gasteiger charge is -2.20. The number of amides is 1. The van der Waals surface area contributed by atoms with Crippen molar-refractivity contribution >= 4 is 5.91 Å². The Kier molecular flexibility index (Phi) is 5.12. The van der Waals surface area contributed by atoms with Gasteiger partial charge in [0.15, 0.2) is 0 Å². The Balaban J connectivity index is 1.67. The van der Waals surface area contributed by atoms with Crippen molar-refractivity contribution in [3.63, 3.8) is 0 Å². The average molecular weight is 262 g/mol. The van der Waals surface area contributed by atoms with Crippen LogP contribution in [0.25, 0.3) is 0 Å². The van der Waals surface area contributed by atoms with Gasteiger partial charge in [0.2, 0.25) is 5.91 Å². The second-order valence-corrected chi connectivity index (χ2v) is 5.08. The number of nitrogens with zero attached hydrogens (tertiary/aromatic N) is 3. The van der Waals surface area contributed by atoms with Crippen molar-refractivity contribution in [2.75, 3.05) is 0 Å². The summed E-state index contributed by atoms with van der Waals surface area (Å²) in [5.41, 5.74) is 1.39. The SMILES string of the molecule is C[C@@H](NC(=O)CCCn1cncn1)C1=CCCCC1. The maximum atomic E-state index is 11.8. The van der Waals surface area contributed by atoms with Crippen LogP contribution < -0.4 is 5.32 Å². The van der Waals surface area contributed by atoms with Crippen molar-refractivity contribution in [1.82, 2.24) is 20.1 Å². The fraction of sp³-hybridized carbons (Fsp3) is 0.643. The van der Waals surface area contributed by atoms with Crippen molar-refractivity contribution in [1.29, 1.82) is 0 Å². The van der Waals surface area contributed by atoms with Crippen LogP contribution in [0.15, 0.2) is 24.3 Å². The summed E-state index contributed by atoms with van der Waals surface area (Å²) in [6.07, 6.45) is 11.6.